The fourth-order valence-electron chi connectivity index (χ4n) is 7.56. The highest BCUT2D eigenvalue weighted by atomic mass is 32.2. The molecule has 3 aromatic carbocycles. The molecule has 0 unspecified atom stereocenters. The van der Waals surface area contributed by atoms with Gasteiger partial charge in [-0.15, -0.1) is 0 Å². The van der Waals surface area contributed by atoms with Crippen molar-refractivity contribution in [3.63, 3.8) is 0 Å². The number of benzene rings is 3. The van der Waals surface area contributed by atoms with E-state index in [0.29, 0.717) is 93.6 Å². The fourth-order valence-corrected chi connectivity index (χ4v) is 8.55. The number of pyridine rings is 1. The maximum absolute atomic E-state index is 14.7. The second-order valence-corrected chi connectivity index (χ2v) is 20.2. The zero-order valence-electron chi connectivity index (χ0n) is 36.9. The molecule has 0 radical (unpaired) electrons. The number of carbonyl (C=O) groups is 2. The number of carbonyl (C=O) groups excluding carboxylic acids is 2. The summed E-state index contributed by atoms with van der Waals surface area (Å²) in [7, 11) is 1.36. The standard InChI is InChI=1S/C44H62N3O12S2/c1-9-10-20-46(4,5)21-12-24-57-35-15-17-39-37(30-35)41(44(49)59-42-32(2)28-34(29-33(42)3)43(48)56-8)38-31-36(16-18-40(38)45(39)19-11-26-60(50,51)52)58-25-13-22-47(6,7)23-14-27-61(53,54)55/h15-18,28-31H,9-14,19-27H2,1-8H3/q+1/p+2. The predicted octanol–water partition coefficient (Wildman–Crippen LogP) is 5.95. The first kappa shape index (κ1) is 49.3. The topological polar surface area (TPSA) is 184 Å². The highest BCUT2D eigenvalue weighted by Crippen LogP contribution is 2.33. The fraction of sp³-hybridized carbons (Fsp3) is 0.523. The first-order chi connectivity index (χ1) is 28.5. The van der Waals surface area contributed by atoms with Gasteiger partial charge >= 0.3 is 11.9 Å². The van der Waals surface area contributed by atoms with Gasteiger partial charge in [-0.3, -0.25) is 9.11 Å². The lowest BCUT2D eigenvalue weighted by Gasteiger charge is -2.29. The maximum Gasteiger partial charge on any atom is 0.345 e. The van der Waals surface area contributed by atoms with Gasteiger partial charge in [0.2, 0.25) is 11.0 Å². The molecule has 0 aliphatic heterocycles. The Balaban J connectivity index is 1.79. The third-order valence-corrected chi connectivity index (χ3v) is 12.4. The molecule has 61 heavy (non-hydrogen) atoms. The summed E-state index contributed by atoms with van der Waals surface area (Å²) in [6.45, 7) is 9.78. The maximum atomic E-state index is 14.7. The number of nitrogens with zero attached hydrogens (tertiary/aromatic N) is 3. The van der Waals surface area contributed by atoms with Crippen molar-refractivity contribution < 1.29 is 68.0 Å². The molecule has 0 spiro atoms. The summed E-state index contributed by atoms with van der Waals surface area (Å²) in [4.78, 5) is 27.1. The van der Waals surface area contributed by atoms with Crippen LogP contribution in [0.25, 0.3) is 21.8 Å². The van der Waals surface area contributed by atoms with Crippen LogP contribution in [0.15, 0.2) is 48.5 Å². The zero-order chi connectivity index (χ0) is 45.2. The average molecular weight is 891 g/mol. The third-order valence-electron chi connectivity index (χ3n) is 10.8. The summed E-state index contributed by atoms with van der Waals surface area (Å²) in [6, 6.07) is 14.0. The molecule has 336 valence electrons. The molecular formula is C44H64N3O12S2+3. The lowest BCUT2D eigenvalue weighted by Crippen LogP contribution is -2.42. The number of aryl methyl sites for hydroxylation is 3. The van der Waals surface area contributed by atoms with Crippen molar-refractivity contribution in [1.29, 1.82) is 0 Å². The van der Waals surface area contributed by atoms with Crippen LogP contribution in [0.3, 0.4) is 0 Å². The van der Waals surface area contributed by atoms with Gasteiger partial charge in [0.25, 0.3) is 20.2 Å². The lowest BCUT2D eigenvalue weighted by atomic mass is 10.0. The van der Waals surface area contributed by atoms with Crippen molar-refractivity contribution in [1.82, 2.24) is 0 Å². The van der Waals surface area contributed by atoms with Gasteiger partial charge in [0.05, 0.1) is 108 Å². The smallest absolute Gasteiger partial charge is 0.345 e. The Morgan fingerprint density at radius 2 is 1.11 bits per heavy atom. The van der Waals surface area contributed by atoms with Crippen LogP contribution in [0.5, 0.6) is 17.2 Å². The summed E-state index contributed by atoms with van der Waals surface area (Å²) >= 11 is 0. The van der Waals surface area contributed by atoms with Crippen LogP contribution in [0.4, 0.5) is 0 Å². The van der Waals surface area contributed by atoms with Crippen molar-refractivity contribution in [3.8, 4) is 17.2 Å². The van der Waals surface area contributed by atoms with Crippen molar-refractivity contribution >= 4 is 54.0 Å². The van der Waals surface area contributed by atoms with Crippen molar-refractivity contribution in [2.24, 2.45) is 0 Å². The summed E-state index contributed by atoms with van der Waals surface area (Å²) < 4.78 is 91.7. The summed E-state index contributed by atoms with van der Waals surface area (Å²) in [5.41, 5.74) is 2.83. The van der Waals surface area contributed by atoms with Gasteiger partial charge in [-0.1, -0.05) is 13.3 Å². The molecule has 15 nitrogen and oxygen atoms in total. The van der Waals surface area contributed by atoms with Gasteiger partial charge in [-0.05, 0) is 67.8 Å². The first-order valence-corrected chi connectivity index (χ1v) is 23.9. The Kier molecular flexibility index (Phi) is 17.1. The van der Waals surface area contributed by atoms with Crippen LogP contribution in [0.1, 0.15) is 77.3 Å². The Bertz CT molecular complexity index is 2390. The number of esters is 2. The van der Waals surface area contributed by atoms with Crippen LogP contribution in [-0.2, 0) is 31.5 Å². The molecule has 17 heteroatoms. The van der Waals surface area contributed by atoms with E-state index in [2.05, 4.69) is 21.0 Å². The zero-order valence-corrected chi connectivity index (χ0v) is 38.5. The first-order valence-electron chi connectivity index (χ1n) is 20.7. The molecule has 0 saturated heterocycles. The minimum atomic E-state index is -4.25. The van der Waals surface area contributed by atoms with Gasteiger partial charge in [0, 0.05) is 37.8 Å². The molecule has 0 aliphatic rings. The van der Waals surface area contributed by atoms with Gasteiger partial charge in [0.15, 0.2) is 6.54 Å². The second-order valence-electron chi connectivity index (χ2n) is 17.0. The molecular weight excluding hydrogens is 827 g/mol. The van der Waals surface area contributed by atoms with E-state index in [1.54, 1.807) is 50.2 Å². The molecule has 0 atom stereocenters. The SMILES string of the molecule is CCCC[N+](C)(C)CCCOc1ccc2c(c1)c(C(=O)Oc1c(C)cc(C(=O)OC)cc1C)c1cc(OCCC[N+](C)(C)CCCS(=O)(=O)O)ccc1[n+]2CCCS(=O)(=O)O. The normalized spacial score (nSPS) is 12.5. The molecule has 0 amide bonds. The van der Waals surface area contributed by atoms with E-state index < -0.39 is 37.9 Å². The summed E-state index contributed by atoms with van der Waals surface area (Å²) in [6.07, 6.45) is 4.08. The van der Waals surface area contributed by atoms with E-state index >= 15 is 0 Å². The van der Waals surface area contributed by atoms with E-state index in [9.17, 15) is 31.0 Å². The van der Waals surface area contributed by atoms with Crippen LogP contribution in [-0.4, -0.2) is 133 Å². The summed E-state index contributed by atoms with van der Waals surface area (Å²) in [5.74, 6) is -0.690. The van der Waals surface area contributed by atoms with E-state index in [1.165, 1.54) is 7.11 Å². The molecule has 0 fully saturated rings. The van der Waals surface area contributed by atoms with Crippen molar-refractivity contribution in [3.05, 3.63) is 70.8 Å². The molecule has 4 aromatic rings. The number of hydrogen-bond acceptors (Lipinski definition) is 10. The number of quaternary nitrogens is 2. The minimum absolute atomic E-state index is 0.0866. The van der Waals surface area contributed by atoms with Gasteiger partial charge < -0.3 is 27.9 Å². The number of methoxy groups -OCH3 is 1. The van der Waals surface area contributed by atoms with Crippen LogP contribution in [0, 0.1) is 13.8 Å². The summed E-state index contributed by atoms with van der Waals surface area (Å²) in [5, 5.41) is 0.959. The molecule has 4 rings (SSSR count). The van der Waals surface area contributed by atoms with Gasteiger partial charge in [-0.2, -0.15) is 21.4 Å². The minimum Gasteiger partial charge on any atom is -0.493 e. The molecule has 0 aliphatic carbocycles. The van der Waals surface area contributed by atoms with Gasteiger partial charge in [0.1, 0.15) is 17.2 Å². The number of ether oxygens (including phenoxy) is 4. The highest BCUT2D eigenvalue weighted by molar-refractivity contribution is 7.86. The van der Waals surface area contributed by atoms with Crippen LogP contribution < -0.4 is 18.8 Å². The number of rotatable bonds is 24. The molecule has 0 saturated carbocycles. The lowest BCUT2D eigenvalue weighted by molar-refractivity contribution is -0.890. The second kappa shape index (κ2) is 21.1. The molecule has 0 bridgehead atoms. The Hall–Kier alpha value is -4.39. The molecule has 1 aromatic heterocycles. The number of fused-ring (bicyclic) bond motifs is 2. The average Bonchev–Trinajstić information content (AvgIpc) is 3.16. The predicted molar refractivity (Wildman–Crippen MR) is 235 cm³/mol. The van der Waals surface area contributed by atoms with E-state index in [0.717, 1.165) is 36.8 Å². The van der Waals surface area contributed by atoms with E-state index in [-0.39, 0.29) is 30.0 Å². The molecule has 2 N–H and O–H groups in total. The van der Waals surface area contributed by atoms with Gasteiger partial charge in [-0.25, -0.2) is 9.59 Å². The number of aromatic nitrogens is 1. The van der Waals surface area contributed by atoms with Crippen LogP contribution >= 0.6 is 0 Å². The number of hydrogen-bond donors (Lipinski definition) is 2. The highest BCUT2D eigenvalue weighted by Gasteiger charge is 2.29. The number of unbranched alkanes of at least 4 members (excludes halogenated alkanes) is 1. The van der Waals surface area contributed by atoms with E-state index in [4.69, 9.17) is 23.5 Å². The van der Waals surface area contributed by atoms with Crippen molar-refractivity contribution in [2.75, 3.05) is 86.2 Å². The quantitative estimate of drug-likeness (QED) is 0.0161. The Labute approximate surface area is 360 Å². The Morgan fingerprint density at radius 1 is 0.656 bits per heavy atom. The largest absolute Gasteiger partial charge is 0.493 e. The third kappa shape index (κ3) is 14.9. The Morgan fingerprint density at radius 3 is 1.57 bits per heavy atom. The monoisotopic (exact) mass is 890 g/mol. The molecule has 1 heterocycles. The van der Waals surface area contributed by atoms with Crippen LogP contribution in [0.2, 0.25) is 0 Å². The van der Waals surface area contributed by atoms with Crippen molar-refractivity contribution in [2.45, 2.75) is 65.8 Å². The van der Waals surface area contributed by atoms with E-state index in [1.807, 2.05) is 30.8 Å².